The summed E-state index contributed by atoms with van der Waals surface area (Å²) in [6.45, 7) is 5.93. The number of rotatable bonds is 4. The zero-order chi connectivity index (χ0) is 18.4. The molecule has 1 unspecified atom stereocenters. The van der Waals surface area contributed by atoms with E-state index >= 15 is 0 Å². The molecule has 0 saturated heterocycles. The topological polar surface area (TPSA) is 89.3 Å². The van der Waals surface area contributed by atoms with Crippen LogP contribution >= 0.6 is 0 Å². The van der Waals surface area contributed by atoms with Gasteiger partial charge in [-0.2, -0.15) is 0 Å². The summed E-state index contributed by atoms with van der Waals surface area (Å²) in [5.74, 6) is 1.98. The third-order valence-corrected chi connectivity index (χ3v) is 5.41. The molecule has 0 fully saturated rings. The largest absolute Gasteiger partial charge is 0.348 e. The maximum Gasteiger partial charge on any atom is 0.130 e. The van der Waals surface area contributed by atoms with Crippen LogP contribution in [0, 0.1) is 6.92 Å². The second-order valence-electron chi connectivity index (χ2n) is 7.14. The van der Waals surface area contributed by atoms with Crippen LogP contribution in [-0.4, -0.2) is 41.3 Å². The minimum atomic E-state index is -0.00595. The summed E-state index contributed by atoms with van der Waals surface area (Å²) in [6.07, 6.45) is 3.66. The van der Waals surface area contributed by atoms with Crippen molar-refractivity contribution in [3.63, 3.8) is 0 Å². The smallest absolute Gasteiger partial charge is 0.130 e. The number of benzene rings is 1. The Morgan fingerprint density at radius 2 is 2.07 bits per heavy atom. The predicted molar refractivity (Wildman–Crippen MR) is 103 cm³/mol. The van der Waals surface area contributed by atoms with Crippen molar-refractivity contribution in [3.05, 3.63) is 65.0 Å². The average molecular weight is 361 g/mol. The molecule has 138 valence electrons. The summed E-state index contributed by atoms with van der Waals surface area (Å²) in [5, 5.41) is 0. The van der Waals surface area contributed by atoms with Gasteiger partial charge in [0.1, 0.15) is 17.7 Å². The van der Waals surface area contributed by atoms with Crippen molar-refractivity contribution in [2.24, 2.45) is 0 Å². The van der Waals surface area contributed by atoms with Crippen molar-refractivity contribution in [1.82, 2.24) is 34.8 Å². The van der Waals surface area contributed by atoms with Crippen molar-refractivity contribution >= 4 is 11.0 Å². The molecule has 4 aromatic rings. The molecule has 7 nitrogen and oxygen atoms in total. The zero-order valence-electron chi connectivity index (χ0n) is 15.6. The van der Waals surface area contributed by atoms with E-state index in [0.717, 1.165) is 65.7 Å². The molecule has 0 radical (unpaired) electrons. The molecule has 7 heteroatoms. The highest BCUT2D eigenvalue weighted by Crippen LogP contribution is 2.34. The SMILES string of the molecule is CCc1nc(CN2CCc3[nH]cnc3C2c2nc3ccccc3[nH]2)c(C)[nH]1. The second kappa shape index (κ2) is 6.35. The fourth-order valence-electron chi connectivity index (χ4n) is 3.98. The van der Waals surface area contributed by atoms with Crippen molar-refractivity contribution in [1.29, 1.82) is 0 Å². The highest BCUT2D eigenvalue weighted by atomic mass is 15.2. The highest BCUT2D eigenvalue weighted by molar-refractivity contribution is 5.75. The lowest BCUT2D eigenvalue weighted by atomic mass is 10.0. The van der Waals surface area contributed by atoms with E-state index in [1.165, 1.54) is 5.69 Å². The van der Waals surface area contributed by atoms with Gasteiger partial charge in [-0.05, 0) is 19.1 Å². The van der Waals surface area contributed by atoms with Crippen LogP contribution in [0.3, 0.4) is 0 Å². The first-order valence-corrected chi connectivity index (χ1v) is 9.48. The normalized spacial score (nSPS) is 17.5. The summed E-state index contributed by atoms with van der Waals surface area (Å²) >= 11 is 0. The molecule has 0 spiro atoms. The van der Waals surface area contributed by atoms with Gasteiger partial charge in [0.05, 0.1) is 28.7 Å². The van der Waals surface area contributed by atoms with Crippen LogP contribution < -0.4 is 0 Å². The standard InChI is InChI=1S/C20H23N7/c1-3-17-23-12(2)16(24-17)10-27-9-8-15-18(22-11-21-15)19(27)20-25-13-6-4-5-7-14(13)26-20/h4-7,11,19H,3,8-10H2,1-2H3,(H,21,22)(H,23,24)(H,25,26). The average Bonchev–Trinajstić information content (AvgIpc) is 3.39. The second-order valence-corrected chi connectivity index (χ2v) is 7.14. The number of aryl methyl sites for hydroxylation is 2. The first-order valence-electron chi connectivity index (χ1n) is 9.48. The van der Waals surface area contributed by atoms with Crippen LogP contribution in [0.5, 0.6) is 0 Å². The van der Waals surface area contributed by atoms with E-state index < -0.39 is 0 Å². The van der Waals surface area contributed by atoms with Gasteiger partial charge >= 0.3 is 0 Å². The Bertz CT molecular complexity index is 1050. The summed E-state index contributed by atoms with van der Waals surface area (Å²) < 4.78 is 0. The van der Waals surface area contributed by atoms with Crippen LogP contribution in [0.4, 0.5) is 0 Å². The maximum absolute atomic E-state index is 4.87. The minimum Gasteiger partial charge on any atom is -0.348 e. The molecule has 0 aliphatic carbocycles. The predicted octanol–water partition coefficient (Wildman–Crippen LogP) is 3.03. The molecule has 1 atom stereocenters. The van der Waals surface area contributed by atoms with Crippen LogP contribution in [0.1, 0.15) is 47.4 Å². The number of H-pyrrole nitrogens is 3. The molecule has 1 aliphatic heterocycles. The minimum absolute atomic E-state index is 0.00595. The number of nitrogens with zero attached hydrogens (tertiary/aromatic N) is 4. The van der Waals surface area contributed by atoms with Crippen molar-refractivity contribution < 1.29 is 0 Å². The van der Waals surface area contributed by atoms with E-state index in [4.69, 9.17) is 9.97 Å². The lowest BCUT2D eigenvalue weighted by molar-refractivity contribution is 0.192. The van der Waals surface area contributed by atoms with Crippen molar-refractivity contribution in [3.8, 4) is 0 Å². The summed E-state index contributed by atoms with van der Waals surface area (Å²) in [6, 6.07) is 8.15. The summed E-state index contributed by atoms with van der Waals surface area (Å²) in [7, 11) is 0. The Hall–Kier alpha value is -2.93. The molecular formula is C20H23N7. The van der Waals surface area contributed by atoms with Gasteiger partial charge in [0, 0.05) is 37.3 Å². The fourth-order valence-corrected chi connectivity index (χ4v) is 3.98. The number of hydrogen-bond donors (Lipinski definition) is 3. The molecule has 3 aromatic heterocycles. The number of fused-ring (bicyclic) bond motifs is 2. The summed E-state index contributed by atoms with van der Waals surface area (Å²) in [4.78, 5) is 26.9. The van der Waals surface area contributed by atoms with Crippen LogP contribution in [-0.2, 0) is 19.4 Å². The van der Waals surface area contributed by atoms with Gasteiger partial charge in [-0.1, -0.05) is 19.1 Å². The molecule has 0 amide bonds. The number of aromatic amines is 3. The Labute approximate surface area is 157 Å². The third kappa shape index (κ3) is 2.75. The Morgan fingerprint density at radius 1 is 1.19 bits per heavy atom. The number of hydrogen-bond acceptors (Lipinski definition) is 4. The van der Waals surface area contributed by atoms with Gasteiger partial charge in [-0.3, -0.25) is 4.90 Å². The molecule has 5 rings (SSSR count). The Balaban J connectivity index is 1.56. The van der Waals surface area contributed by atoms with Crippen LogP contribution in [0.15, 0.2) is 30.6 Å². The van der Waals surface area contributed by atoms with Crippen molar-refractivity contribution in [2.45, 2.75) is 39.3 Å². The number of imidazole rings is 3. The monoisotopic (exact) mass is 361 g/mol. The van der Waals surface area contributed by atoms with Gasteiger partial charge in [0.15, 0.2) is 0 Å². The van der Waals surface area contributed by atoms with Gasteiger partial charge in [-0.25, -0.2) is 15.0 Å². The molecular weight excluding hydrogens is 338 g/mol. The van der Waals surface area contributed by atoms with E-state index in [-0.39, 0.29) is 6.04 Å². The van der Waals surface area contributed by atoms with E-state index in [1.807, 2.05) is 18.2 Å². The molecule has 0 bridgehead atoms. The van der Waals surface area contributed by atoms with Crippen molar-refractivity contribution in [2.75, 3.05) is 6.54 Å². The fraction of sp³-hybridized carbons (Fsp3) is 0.350. The quantitative estimate of drug-likeness (QED) is 0.521. The van der Waals surface area contributed by atoms with E-state index in [1.54, 1.807) is 6.33 Å². The van der Waals surface area contributed by atoms with Gasteiger partial charge < -0.3 is 15.0 Å². The van der Waals surface area contributed by atoms with E-state index in [2.05, 4.69) is 44.7 Å². The highest BCUT2D eigenvalue weighted by Gasteiger charge is 2.33. The number of para-hydroxylation sites is 2. The Morgan fingerprint density at radius 3 is 2.89 bits per heavy atom. The molecule has 27 heavy (non-hydrogen) atoms. The maximum atomic E-state index is 4.87. The van der Waals surface area contributed by atoms with Gasteiger partial charge in [-0.15, -0.1) is 0 Å². The van der Waals surface area contributed by atoms with Crippen LogP contribution in [0.2, 0.25) is 0 Å². The van der Waals surface area contributed by atoms with Gasteiger partial charge in [0.2, 0.25) is 0 Å². The lowest BCUT2D eigenvalue weighted by Crippen LogP contribution is -2.36. The number of aromatic nitrogens is 6. The molecule has 1 aromatic carbocycles. The van der Waals surface area contributed by atoms with Gasteiger partial charge in [0.25, 0.3) is 0 Å². The molecule has 3 N–H and O–H groups in total. The molecule has 0 saturated carbocycles. The van der Waals surface area contributed by atoms with Crippen LogP contribution in [0.25, 0.3) is 11.0 Å². The number of nitrogens with one attached hydrogen (secondary N) is 3. The molecule has 4 heterocycles. The van der Waals surface area contributed by atoms with E-state index in [9.17, 15) is 0 Å². The third-order valence-electron chi connectivity index (χ3n) is 5.41. The lowest BCUT2D eigenvalue weighted by Gasteiger charge is -2.33. The summed E-state index contributed by atoms with van der Waals surface area (Å²) in [5.41, 5.74) is 6.54. The first-order chi connectivity index (χ1) is 13.2. The van der Waals surface area contributed by atoms with E-state index in [0.29, 0.717) is 0 Å². The zero-order valence-corrected chi connectivity index (χ0v) is 15.6. The first kappa shape index (κ1) is 16.3. The Kier molecular flexibility index (Phi) is 3.82. The molecule has 1 aliphatic rings.